The predicted molar refractivity (Wildman–Crippen MR) is 96.9 cm³/mol. The minimum atomic E-state index is -3.97. The van der Waals surface area contributed by atoms with Crippen LogP contribution < -0.4 is 14.2 Å². The van der Waals surface area contributed by atoms with Gasteiger partial charge in [-0.1, -0.05) is 6.07 Å². The van der Waals surface area contributed by atoms with Gasteiger partial charge in [0, 0.05) is 11.1 Å². The van der Waals surface area contributed by atoms with Crippen LogP contribution in [0.5, 0.6) is 17.2 Å². The topological polar surface area (TPSA) is 78.9 Å². The van der Waals surface area contributed by atoms with Gasteiger partial charge in [-0.3, -0.25) is 4.79 Å². The maximum atomic E-state index is 14.0. The van der Waals surface area contributed by atoms with Crippen LogP contribution in [0.25, 0.3) is 6.08 Å². The Hall–Kier alpha value is -2.87. The van der Waals surface area contributed by atoms with Crippen LogP contribution in [0.4, 0.5) is 4.39 Å². The Balaban J connectivity index is 2.15. The van der Waals surface area contributed by atoms with Crippen LogP contribution in [0.3, 0.4) is 0 Å². The molecule has 0 radical (unpaired) electrons. The molecule has 0 unspecified atom stereocenters. The first-order chi connectivity index (χ1) is 12.8. The number of halogens is 1. The Kier molecular flexibility index (Phi) is 4.93. The van der Waals surface area contributed by atoms with Gasteiger partial charge in [0.1, 0.15) is 10.7 Å². The second kappa shape index (κ2) is 7.03. The molecule has 3 rings (SSSR count). The zero-order valence-corrected chi connectivity index (χ0v) is 15.7. The molecule has 0 saturated heterocycles. The van der Waals surface area contributed by atoms with Gasteiger partial charge in [-0.2, -0.15) is 0 Å². The van der Waals surface area contributed by atoms with Gasteiger partial charge in [0.2, 0.25) is 5.75 Å². The highest BCUT2D eigenvalue weighted by Crippen LogP contribution is 2.39. The molecule has 0 aliphatic carbocycles. The van der Waals surface area contributed by atoms with E-state index < -0.39 is 32.1 Å². The number of fused-ring (bicyclic) bond motifs is 1. The Morgan fingerprint density at radius 1 is 1.04 bits per heavy atom. The Labute approximate surface area is 156 Å². The minimum absolute atomic E-state index is 0.0300. The predicted octanol–water partition coefficient (Wildman–Crippen LogP) is 2.91. The molecule has 0 aromatic heterocycles. The minimum Gasteiger partial charge on any atom is -0.493 e. The zero-order chi connectivity index (χ0) is 19.8. The largest absolute Gasteiger partial charge is 0.493 e. The van der Waals surface area contributed by atoms with Gasteiger partial charge in [-0.25, -0.2) is 12.8 Å². The van der Waals surface area contributed by atoms with E-state index in [1.165, 1.54) is 39.5 Å². The Morgan fingerprint density at radius 3 is 2.22 bits per heavy atom. The van der Waals surface area contributed by atoms with Gasteiger partial charge in [0.25, 0.3) is 0 Å². The average molecular weight is 392 g/mol. The molecule has 6 nitrogen and oxygen atoms in total. The summed E-state index contributed by atoms with van der Waals surface area (Å²) in [5.74, 6) is -0.948. The Bertz CT molecular complexity index is 1030. The highest BCUT2D eigenvalue weighted by atomic mass is 32.2. The molecular weight excluding hydrogens is 375 g/mol. The van der Waals surface area contributed by atoms with Crippen LogP contribution >= 0.6 is 0 Å². The molecule has 0 saturated carbocycles. The number of ketones is 1. The Morgan fingerprint density at radius 2 is 1.67 bits per heavy atom. The van der Waals surface area contributed by atoms with Gasteiger partial charge < -0.3 is 14.2 Å². The fourth-order valence-electron chi connectivity index (χ4n) is 3.01. The molecular formula is C19H17FO6S. The van der Waals surface area contributed by atoms with Gasteiger partial charge >= 0.3 is 0 Å². The van der Waals surface area contributed by atoms with E-state index in [0.29, 0.717) is 22.8 Å². The van der Waals surface area contributed by atoms with Crippen LogP contribution in [-0.4, -0.2) is 41.3 Å². The molecule has 0 fully saturated rings. The molecule has 1 heterocycles. The van der Waals surface area contributed by atoms with Crippen molar-refractivity contribution in [2.45, 2.75) is 4.90 Å². The fourth-order valence-corrected chi connectivity index (χ4v) is 4.64. The summed E-state index contributed by atoms with van der Waals surface area (Å²) in [4.78, 5) is 12.2. The monoisotopic (exact) mass is 392 g/mol. The summed E-state index contributed by atoms with van der Waals surface area (Å²) in [6, 6.07) is 6.83. The summed E-state index contributed by atoms with van der Waals surface area (Å²) in [5, 5.41) is 0. The number of ether oxygens (including phenoxy) is 3. The molecule has 8 heteroatoms. The third-order valence-corrected chi connectivity index (χ3v) is 5.92. The van der Waals surface area contributed by atoms with Crippen molar-refractivity contribution in [3.63, 3.8) is 0 Å². The van der Waals surface area contributed by atoms with Crippen molar-refractivity contribution in [3.8, 4) is 17.2 Å². The van der Waals surface area contributed by atoms with Crippen LogP contribution in [0, 0.1) is 5.82 Å². The van der Waals surface area contributed by atoms with Crippen molar-refractivity contribution in [1.29, 1.82) is 0 Å². The maximum absolute atomic E-state index is 14.0. The molecule has 1 aliphatic rings. The van der Waals surface area contributed by atoms with Crippen LogP contribution in [-0.2, 0) is 9.84 Å². The van der Waals surface area contributed by atoms with E-state index in [2.05, 4.69) is 0 Å². The van der Waals surface area contributed by atoms with E-state index >= 15 is 0 Å². The summed E-state index contributed by atoms with van der Waals surface area (Å²) >= 11 is 0. The normalized spacial score (nSPS) is 16.7. The molecule has 142 valence electrons. The molecule has 2 aromatic carbocycles. The van der Waals surface area contributed by atoms with E-state index in [1.54, 1.807) is 12.1 Å². The van der Waals surface area contributed by atoms with Crippen molar-refractivity contribution >= 4 is 21.7 Å². The van der Waals surface area contributed by atoms with E-state index in [0.717, 1.165) is 6.07 Å². The smallest absolute Gasteiger partial charge is 0.203 e. The van der Waals surface area contributed by atoms with E-state index in [9.17, 15) is 17.6 Å². The lowest BCUT2D eigenvalue weighted by atomic mass is 10.0. The number of benzene rings is 2. The lowest BCUT2D eigenvalue weighted by molar-refractivity contribution is 0.103. The van der Waals surface area contributed by atoms with Crippen LogP contribution in [0.15, 0.2) is 40.8 Å². The first kappa shape index (κ1) is 18.9. The summed E-state index contributed by atoms with van der Waals surface area (Å²) < 4.78 is 54.7. The van der Waals surface area contributed by atoms with E-state index in [4.69, 9.17) is 14.2 Å². The third kappa shape index (κ3) is 3.28. The average Bonchev–Trinajstić information content (AvgIpc) is 2.64. The molecule has 0 bridgehead atoms. The molecule has 0 spiro atoms. The first-order valence-electron chi connectivity index (χ1n) is 7.89. The summed E-state index contributed by atoms with van der Waals surface area (Å²) in [6.07, 6.45) is 1.43. The lowest BCUT2D eigenvalue weighted by Crippen LogP contribution is -2.25. The molecule has 0 amide bonds. The van der Waals surface area contributed by atoms with Gasteiger partial charge in [-0.05, 0) is 35.9 Å². The standard InChI is InChI=1S/C19H17FO6S/c1-24-15-8-11(9-16(25-2)18(15)26-3)7-12-10-27(22,23)19-13(17(12)21)5-4-6-14(19)20/h4-9H,10H2,1-3H3/b12-7+. The number of sulfone groups is 1. The van der Waals surface area contributed by atoms with Gasteiger partial charge in [0.15, 0.2) is 27.1 Å². The molecule has 2 aromatic rings. The number of rotatable bonds is 4. The van der Waals surface area contributed by atoms with Crippen LogP contribution in [0.1, 0.15) is 15.9 Å². The quantitative estimate of drug-likeness (QED) is 0.745. The van der Waals surface area contributed by atoms with Gasteiger partial charge in [-0.15, -0.1) is 0 Å². The highest BCUT2D eigenvalue weighted by molar-refractivity contribution is 7.92. The lowest BCUT2D eigenvalue weighted by Gasteiger charge is -2.19. The highest BCUT2D eigenvalue weighted by Gasteiger charge is 2.35. The maximum Gasteiger partial charge on any atom is 0.203 e. The number of carbonyl (C=O) groups is 1. The van der Waals surface area contributed by atoms with Crippen molar-refractivity contribution in [2.75, 3.05) is 27.1 Å². The van der Waals surface area contributed by atoms with E-state index in [-0.39, 0.29) is 11.1 Å². The summed E-state index contributed by atoms with van der Waals surface area (Å²) in [5.41, 5.74) is 0.352. The molecule has 0 N–H and O–H groups in total. The number of hydrogen-bond donors (Lipinski definition) is 0. The number of Topliss-reactive ketones (excluding diaryl/α,β-unsaturated/α-hetero) is 1. The van der Waals surface area contributed by atoms with E-state index in [1.807, 2.05) is 0 Å². The van der Waals surface area contributed by atoms with Crippen molar-refractivity contribution < 1.29 is 31.8 Å². The summed E-state index contributed by atoms with van der Waals surface area (Å²) in [7, 11) is 0.385. The SMILES string of the molecule is COc1cc(/C=C2\CS(=O)(=O)c3c(F)cccc3C2=O)cc(OC)c1OC. The second-order valence-corrected chi connectivity index (χ2v) is 7.76. The molecule has 27 heavy (non-hydrogen) atoms. The second-order valence-electron chi connectivity index (χ2n) is 5.83. The number of carbonyl (C=O) groups excluding carboxylic acids is 1. The van der Waals surface area contributed by atoms with Crippen LogP contribution in [0.2, 0.25) is 0 Å². The number of methoxy groups -OCH3 is 3. The molecule has 0 atom stereocenters. The van der Waals surface area contributed by atoms with Crippen molar-refractivity contribution in [2.24, 2.45) is 0 Å². The first-order valence-corrected chi connectivity index (χ1v) is 9.54. The summed E-state index contributed by atoms with van der Waals surface area (Å²) in [6.45, 7) is 0. The third-order valence-electron chi connectivity index (χ3n) is 4.19. The zero-order valence-electron chi connectivity index (χ0n) is 14.9. The molecule has 1 aliphatic heterocycles. The number of hydrogen-bond acceptors (Lipinski definition) is 6. The fraction of sp³-hybridized carbons (Fsp3) is 0.211. The van der Waals surface area contributed by atoms with Gasteiger partial charge in [0.05, 0.1) is 27.1 Å². The van der Waals surface area contributed by atoms with Crippen molar-refractivity contribution in [1.82, 2.24) is 0 Å². The van der Waals surface area contributed by atoms with Crippen molar-refractivity contribution in [3.05, 3.63) is 52.8 Å².